The molecule has 1 aliphatic carbocycles. The molecule has 1 N–H and O–H groups in total. The van der Waals surface area contributed by atoms with Gasteiger partial charge in [0.15, 0.2) is 0 Å². The summed E-state index contributed by atoms with van der Waals surface area (Å²) in [6.07, 6.45) is -6.17. The van der Waals surface area contributed by atoms with E-state index in [1.165, 1.54) is 12.1 Å². The number of hydrogen-bond acceptors (Lipinski definition) is 3. The number of fused-ring (bicyclic) bond motifs is 3. The Balaban J connectivity index is 1.41. The van der Waals surface area contributed by atoms with Crippen molar-refractivity contribution < 1.29 is 41.0 Å². The third-order valence-corrected chi connectivity index (χ3v) is 8.99. The summed E-state index contributed by atoms with van der Waals surface area (Å²) < 4.78 is 87.6. The zero-order valence-electron chi connectivity index (χ0n) is 21.7. The van der Waals surface area contributed by atoms with Crippen LogP contribution in [-0.4, -0.2) is 40.3 Å². The molecule has 3 fully saturated rings. The molecule has 2 bridgehead atoms. The Morgan fingerprint density at radius 1 is 0.974 bits per heavy atom. The Hall–Kier alpha value is -2.49. The van der Waals surface area contributed by atoms with Crippen molar-refractivity contribution in [3.05, 3.63) is 41.5 Å². The molecule has 2 aromatic carbocycles. The van der Waals surface area contributed by atoms with E-state index in [4.69, 9.17) is 4.74 Å². The summed E-state index contributed by atoms with van der Waals surface area (Å²) in [7, 11) is 0. The van der Waals surface area contributed by atoms with Crippen molar-refractivity contribution in [2.24, 2.45) is 11.8 Å². The molecule has 0 spiro atoms. The SMILES string of the molecule is CC[C@@H](c1ccc2c(C(F)(F)F)c(OC3CCC(C(F)(F)F)CC3)ccc2c1)N1C2CCC1CC(C(=O)O)C2. The normalized spacial score (nSPS) is 28.9. The zero-order chi connectivity index (χ0) is 28.1. The van der Waals surface area contributed by atoms with Crippen molar-refractivity contribution >= 4 is 16.7 Å². The average Bonchev–Trinajstić information content (AvgIpc) is 3.11. The van der Waals surface area contributed by atoms with Gasteiger partial charge in [0.1, 0.15) is 11.3 Å². The van der Waals surface area contributed by atoms with E-state index in [9.17, 15) is 36.2 Å². The Bertz CT molecular complexity index is 1190. The number of halogens is 6. The van der Waals surface area contributed by atoms with Crippen molar-refractivity contribution in [3.63, 3.8) is 0 Å². The van der Waals surface area contributed by atoms with Gasteiger partial charge in [-0.3, -0.25) is 9.69 Å². The number of ether oxygens (including phenoxy) is 1. The van der Waals surface area contributed by atoms with Gasteiger partial charge in [0, 0.05) is 18.1 Å². The van der Waals surface area contributed by atoms with Gasteiger partial charge in [0.2, 0.25) is 0 Å². The molecule has 5 rings (SSSR count). The molecule has 3 atom stereocenters. The van der Waals surface area contributed by atoms with E-state index in [0.29, 0.717) is 18.2 Å². The van der Waals surface area contributed by atoms with E-state index in [0.717, 1.165) is 24.8 Å². The fourth-order valence-corrected chi connectivity index (χ4v) is 7.16. The van der Waals surface area contributed by atoms with Gasteiger partial charge in [-0.25, -0.2) is 0 Å². The topological polar surface area (TPSA) is 49.8 Å². The van der Waals surface area contributed by atoms with Crippen LogP contribution in [0.4, 0.5) is 26.3 Å². The number of hydrogen-bond donors (Lipinski definition) is 1. The van der Waals surface area contributed by atoms with Crippen molar-refractivity contribution in [2.45, 2.75) is 101 Å². The molecule has 0 amide bonds. The fraction of sp³-hybridized carbons (Fsp3) is 0.621. The molecular weight excluding hydrogens is 524 g/mol. The van der Waals surface area contributed by atoms with E-state index in [1.807, 2.05) is 6.92 Å². The molecule has 2 aliphatic heterocycles. The lowest BCUT2D eigenvalue weighted by molar-refractivity contribution is -0.185. The molecule has 10 heteroatoms. The Morgan fingerprint density at radius 3 is 2.15 bits per heavy atom. The minimum atomic E-state index is -4.71. The van der Waals surface area contributed by atoms with Gasteiger partial charge >= 0.3 is 18.3 Å². The first-order valence-corrected chi connectivity index (χ1v) is 13.7. The lowest BCUT2D eigenvalue weighted by Crippen LogP contribution is -2.46. The predicted molar refractivity (Wildman–Crippen MR) is 133 cm³/mol. The van der Waals surface area contributed by atoms with Gasteiger partial charge in [-0.1, -0.05) is 25.1 Å². The van der Waals surface area contributed by atoms with Crippen LogP contribution in [0.15, 0.2) is 30.3 Å². The highest BCUT2D eigenvalue weighted by atomic mass is 19.4. The quantitative estimate of drug-likeness (QED) is 0.364. The van der Waals surface area contributed by atoms with Gasteiger partial charge in [0.25, 0.3) is 0 Å². The van der Waals surface area contributed by atoms with Crippen LogP contribution in [0.5, 0.6) is 5.75 Å². The first-order chi connectivity index (χ1) is 18.4. The Morgan fingerprint density at radius 2 is 1.62 bits per heavy atom. The second-order valence-corrected chi connectivity index (χ2v) is 11.3. The standard InChI is InChI=1S/C29H33F6NO3/c1-2-24(36-20-7-8-21(36)15-18(14-20)27(37)38)17-3-11-23-16(13-17)4-12-25(26(23)29(33,34)35)39-22-9-5-19(6-10-22)28(30,31)32/h3-4,11-13,18-22,24H,2,5-10,14-15H2,1H3,(H,37,38)/t18?,19?,20?,21?,22?,24-/m0/s1. The molecule has 2 heterocycles. The fourth-order valence-electron chi connectivity index (χ4n) is 7.16. The Kier molecular flexibility index (Phi) is 7.54. The smallest absolute Gasteiger partial charge is 0.420 e. The first-order valence-electron chi connectivity index (χ1n) is 13.7. The number of rotatable bonds is 6. The Labute approximate surface area is 223 Å². The number of carboxylic acid groups (broad SMARTS) is 1. The monoisotopic (exact) mass is 557 g/mol. The van der Waals surface area contributed by atoms with E-state index in [-0.39, 0.29) is 60.9 Å². The summed E-state index contributed by atoms with van der Waals surface area (Å²) in [5.74, 6) is -2.91. The number of carboxylic acids is 1. The largest absolute Gasteiger partial charge is 0.490 e. The van der Waals surface area contributed by atoms with Gasteiger partial charge < -0.3 is 9.84 Å². The van der Waals surface area contributed by atoms with E-state index in [2.05, 4.69) is 4.90 Å². The number of piperidine rings is 1. The lowest BCUT2D eigenvalue weighted by Gasteiger charge is -2.42. The summed E-state index contributed by atoms with van der Waals surface area (Å²) in [6, 6.07) is 8.08. The maximum atomic E-state index is 14.3. The zero-order valence-corrected chi connectivity index (χ0v) is 21.7. The summed E-state index contributed by atoms with van der Waals surface area (Å²) in [5.41, 5.74) is -0.0113. The first kappa shape index (κ1) is 28.1. The van der Waals surface area contributed by atoms with Crippen LogP contribution in [0.1, 0.15) is 81.9 Å². The van der Waals surface area contributed by atoms with Crippen LogP contribution in [0.2, 0.25) is 0 Å². The summed E-state index contributed by atoms with van der Waals surface area (Å²) in [4.78, 5) is 14.0. The van der Waals surface area contributed by atoms with Crippen molar-refractivity contribution in [3.8, 4) is 5.75 Å². The minimum absolute atomic E-state index is 0.00450. The van der Waals surface area contributed by atoms with E-state index in [1.54, 1.807) is 18.2 Å². The number of carbonyl (C=O) groups is 1. The molecule has 4 nitrogen and oxygen atoms in total. The van der Waals surface area contributed by atoms with Gasteiger partial charge in [0.05, 0.1) is 17.9 Å². The van der Waals surface area contributed by atoms with Crippen LogP contribution >= 0.6 is 0 Å². The summed E-state index contributed by atoms with van der Waals surface area (Å²) in [5, 5.41) is 9.93. The molecule has 1 saturated carbocycles. The highest BCUT2D eigenvalue weighted by Crippen LogP contribution is 2.47. The minimum Gasteiger partial charge on any atom is -0.490 e. The molecule has 0 aromatic heterocycles. The van der Waals surface area contributed by atoms with Crippen LogP contribution < -0.4 is 4.74 Å². The highest BCUT2D eigenvalue weighted by molar-refractivity contribution is 5.89. The van der Waals surface area contributed by atoms with Gasteiger partial charge in [-0.05, 0) is 86.3 Å². The molecule has 39 heavy (non-hydrogen) atoms. The van der Waals surface area contributed by atoms with Gasteiger partial charge in [-0.15, -0.1) is 0 Å². The second-order valence-electron chi connectivity index (χ2n) is 11.3. The predicted octanol–water partition coefficient (Wildman–Crippen LogP) is 8.14. The van der Waals surface area contributed by atoms with Crippen LogP contribution in [0, 0.1) is 11.8 Å². The van der Waals surface area contributed by atoms with Crippen molar-refractivity contribution in [2.75, 3.05) is 0 Å². The second kappa shape index (κ2) is 10.5. The molecule has 214 valence electrons. The number of nitrogens with zero attached hydrogens (tertiary/aromatic N) is 1. The van der Waals surface area contributed by atoms with E-state index < -0.39 is 35.9 Å². The molecule has 3 aliphatic rings. The van der Waals surface area contributed by atoms with Crippen LogP contribution in [-0.2, 0) is 11.0 Å². The maximum absolute atomic E-state index is 14.3. The molecular formula is C29H33F6NO3. The maximum Gasteiger partial charge on any atom is 0.420 e. The summed E-state index contributed by atoms with van der Waals surface area (Å²) in [6.45, 7) is 2.03. The lowest BCUT2D eigenvalue weighted by atomic mass is 9.86. The van der Waals surface area contributed by atoms with Crippen LogP contribution in [0.25, 0.3) is 10.8 Å². The van der Waals surface area contributed by atoms with E-state index >= 15 is 0 Å². The molecule has 0 radical (unpaired) electrons. The van der Waals surface area contributed by atoms with Crippen molar-refractivity contribution in [1.82, 2.24) is 4.90 Å². The van der Waals surface area contributed by atoms with Crippen molar-refractivity contribution in [1.29, 1.82) is 0 Å². The average molecular weight is 558 g/mol. The summed E-state index contributed by atoms with van der Waals surface area (Å²) >= 11 is 0. The van der Waals surface area contributed by atoms with Gasteiger partial charge in [-0.2, -0.15) is 26.3 Å². The molecule has 2 unspecified atom stereocenters. The molecule has 2 aromatic rings. The molecule has 2 saturated heterocycles. The number of alkyl halides is 6. The number of aliphatic carboxylic acids is 1. The third kappa shape index (κ3) is 5.58. The van der Waals surface area contributed by atoms with Crippen LogP contribution in [0.3, 0.4) is 0 Å². The third-order valence-electron chi connectivity index (χ3n) is 8.99. The number of benzene rings is 2. The highest BCUT2D eigenvalue weighted by Gasteiger charge is 2.46.